The Bertz CT molecular complexity index is 172. The fraction of sp³-hybridized carbons (Fsp3) is 1.00. The molecule has 3 heteroatoms. The first-order valence-electron chi connectivity index (χ1n) is 6.25. The zero-order valence-electron chi connectivity index (χ0n) is 9.71. The van der Waals surface area contributed by atoms with Crippen molar-refractivity contribution in [2.24, 2.45) is 0 Å². The third-order valence-corrected chi connectivity index (χ3v) is 5.99. The van der Waals surface area contributed by atoms with Gasteiger partial charge in [0.2, 0.25) is 0 Å². The summed E-state index contributed by atoms with van der Waals surface area (Å²) in [5.41, 5.74) is 0. The van der Waals surface area contributed by atoms with E-state index >= 15 is 0 Å². The van der Waals surface area contributed by atoms with Crippen LogP contribution >= 0.6 is 23.5 Å². The lowest BCUT2D eigenvalue weighted by molar-refractivity contribution is 0.341. The van der Waals surface area contributed by atoms with Gasteiger partial charge in [0.25, 0.3) is 0 Å². The largest absolute Gasteiger partial charge is 0.310 e. The Morgan fingerprint density at radius 3 is 2.47 bits per heavy atom. The van der Waals surface area contributed by atoms with Crippen LogP contribution in [0.15, 0.2) is 0 Å². The molecule has 1 unspecified atom stereocenters. The van der Waals surface area contributed by atoms with Crippen LogP contribution in [0, 0.1) is 0 Å². The van der Waals surface area contributed by atoms with Crippen LogP contribution < -0.4 is 5.32 Å². The van der Waals surface area contributed by atoms with Gasteiger partial charge in [-0.05, 0) is 50.5 Å². The van der Waals surface area contributed by atoms with Crippen LogP contribution in [-0.2, 0) is 0 Å². The van der Waals surface area contributed by atoms with Crippen LogP contribution in [0.25, 0.3) is 0 Å². The van der Waals surface area contributed by atoms with Gasteiger partial charge in [0.05, 0.1) is 0 Å². The summed E-state index contributed by atoms with van der Waals surface area (Å²) in [5, 5.41) is 4.82. The van der Waals surface area contributed by atoms with Crippen molar-refractivity contribution in [3.63, 3.8) is 0 Å². The molecule has 1 nitrogen and oxygen atoms in total. The van der Waals surface area contributed by atoms with Crippen LogP contribution in [0.4, 0.5) is 0 Å². The highest BCUT2D eigenvalue weighted by Gasteiger charge is 2.23. The second-order valence-electron chi connectivity index (χ2n) is 4.79. The highest BCUT2D eigenvalue weighted by Crippen LogP contribution is 2.28. The average Bonchev–Trinajstić information content (AvgIpc) is 2.31. The molecule has 0 bridgehead atoms. The lowest BCUT2D eigenvalue weighted by atomic mass is 9.94. The molecule has 15 heavy (non-hydrogen) atoms. The number of hydrogen-bond donors (Lipinski definition) is 1. The zero-order valence-corrected chi connectivity index (χ0v) is 11.3. The molecule has 1 saturated heterocycles. The maximum atomic E-state index is 3.87. The van der Waals surface area contributed by atoms with Gasteiger partial charge in [-0.15, -0.1) is 0 Å². The summed E-state index contributed by atoms with van der Waals surface area (Å²) >= 11 is 4.19. The van der Waals surface area contributed by atoms with Crippen molar-refractivity contribution in [3.05, 3.63) is 0 Å². The summed E-state index contributed by atoms with van der Waals surface area (Å²) in [6.07, 6.45) is 10.8. The third-order valence-electron chi connectivity index (χ3n) is 3.64. The Kier molecular flexibility index (Phi) is 5.18. The van der Waals surface area contributed by atoms with Crippen molar-refractivity contribution in [2.75, 3.05) is 17.8 Å². The van der Waals surface area contributed by atoms with E-state index in [0.717, 1.165) is 17.3 Å². The van der Waals surface area contributed by atoms with Crippen molar-refractivity contribution in [1.82, 2.24) is 5.32 Å². The van der Waals surface area contributed by atoms with Crippen molar-refractivity contribution in [2.45, 2.75) is 55.9 Å². The summed E-state index contributed by atoms with van der Waals surface area (Å²) in [7, 11) is 0. The molecule has 2 rings (SSSR count). The fourth-order valence-corrected chi connectivity index (χ4v) is 4.50. The Balaban J connectivity index is 1.67. The van der Waals surface area contributed by atoms with Crippen LogP contribution in [0.1, 0.15) is 38.5 Å². The Labute approximate surface area is 103 Å². The second kappa shape index (κ2) is 6.41. The molecule has 1 aliphatic heterocycles. The van der Waals surface area contributed by atoms with E-state index in [9.17, 15) is 0 Å². The summed E-state index contributed by atoms with van der Waals surface area (Å²) in [4.78, 5) is 0. The van der Waals surface area contributed by atoms with Crippen molar-refractivity contribution < 1.29 is 0 Å². The number of hydrogen-bond acceptors (Lipinski definition) is 3. The molecule has 1 atom stereocenters. The van der Waals surface area contributed by atoms with E-state index in [-0.39, 0.29) is 0 Å². The summed E-state index contributed by atoms with van der Waals surface area (Å²) in [5.74, 6) is 2.74. The average molecular weight is 245 g/mol. The SMILES string of the molecule is CSC1CCC(NC2CCCSC2)CC1. The van der Waals surface area contributed by atoms with Gasteiger partial charge in [-0.25, -0.2) is 0 Å². The monoisotopic (exact) mass is 245 g/mol. The van der Waals surface area contributed by atoms with E-state index in [1.165, 1.54) is 50.0 Å². The lowest BCUT2D eigenvalue weighted by Gasteiger charge is -2.32. The molecule has 2 aliphatic rings. The molecule has 0 aromatic carbocycles. The van der Waals surface area contributed by atoms with Gasteiger partial charge >= 0.3 is 0 Å². The minimum absolute atomic E-state index is 0.819. The fourth-order valence-electron chi connectivity index (χ4n) is 2.67. The topological polar surface area (TPSA) is 12.0 Å². The van der Waals surface area contributed by atoms with Crippen LogP contribution in [0.3, 0.4) is 0 Å². The van der Waals surface area contributed by atoms with Gasteiger partial charge in [-0.3, -0.25) is 0 Å². The van der Waals surface area contributed by atoms with E-state index in [2.05, 4.69) is 35.1 Å². The van der Waals surface area contributed by atoms with Gasteiger partial charge < -0.3 is 5.32 Å². The highest BCUT2D eigenvalue weighted by molar-refractivity contribution is 7.99. The van der Waals surface area contributed by atoms with Crippen LogP contribution in [-0.4, -0.2) is 35.1 Å². The smallest absolute Gasteiger partial charge is 0.0161 e. The van der Waals surface area contributed by atoms with E-state index < -0.39 is 0 Å². The molecule has 0 aromatic rings. The molecule has 0 spiro atoms. The van der Waals surface area contributed by atoms with Gasteiger partial charge in [0, 0.05) is 23.1 Å². The second-order valence-corrected chi connectivity index (χ2v) is 7.08. The normalized spacial score (nSPS) is 37.8. The highest BCUT2D eigenvalue weighted by atomic mass is 32.2. The minimum Gasteiger partial charge on any atom is -0.310 e. The third kappa shape index (κ3) is 3.86. The van der Waals surface area contributed by atoms with Crippen molar-refractivity contribution >= 4 is 23.5 Å². The van der Waals surface area contributed by atoms with Crippen molar-refractivity contribution in [1.29, 1.82) is 0 Å². The number of rotatable bonds is 3. The Morgan fingerprint density at radius 1 is 1.07 bits per heavy atom. The molecule has 0 amide bonds. The first-order valence-corrected chi connectivity index (χ1v) is 8.69. The van der Waals surface area contributed by atoms with Gasteiger partial charge in [-0.1, -0.05) is 0 Å². The first kappa shape index (κ1) is 12.1. The summed E-state index contributed by atoms with van der Waals surface area (Å²) in [6, 6.07) is 1.65. The first-order chi connectivity index (χ1) is 7.38. The molecule has 1 heterocycles. The Morgan fingerprint density at radius 2 is 1.87 bits per heavy atom. The summed E-state index contributed by atoms with van der Waals surface area (Å²) < 4.78 is 0. The van der Waals surface area contributed by atoms with E-state index in [4.69, 9.17) is 0 Å². The molecule has 2 fully saturated rings. The predicted molar refractivity (Wildman–Crippen MR) is 73.0 cm³/mol. The lowest BCUT2D eigenvalue weighted by Crippen LogP contribution is -2.43. The number of thioether (sulfide) groups is 2. The van der Waals surface area contributed by atoms with Gasteiger partial charge in [0.15, 0.2) is 0 Å². The van der Waals surface area contributed by atoms with Crippen molar-refractivity contribution in [3.8, 4) is 0 Å². The predicted octanol–water partition coefficient (Wildman–Crippen LogP) is 3.15. The summed E-state index contributed by atoms with van der Waals surface area (Å²) in [6.45, 7) is 0. The zero-order chi connectivity index (χ0) is 10.5. The quantitative estimate of drug-likeness (QED) is 0.820. The molecule has 88 valence electrons. The molecular weight excluding hydrogens is 222 g/mol. The van der Waals surface area contributed by atoms with Gasteiger partial charge in [-0.2, -0.15) is 23.5 Å². The number of nitrogens with one attached hydrogen (secondary N) is 1. The van der Waals surface area contributed by atoms with E-state index in [1.54, 1.807) is 0 Å². The Hall–Kier alpha value is 0.660. The maximum absolute atomic E-state index is 3.87. The molecule has 0 radical (unpaired) electrons. The van der Waals surface area contributed by atoms with Crippen LogP contribution in [0.5, 0.6) is 0 Å². The molecule has 1 saturated carbocycles. The standard InChI is InChI=1S/C12H23NS2/c1-14-12-6-4-10(5-7-12)13-11-3-2-8-15-9-11/h10-13H,2-9H2,1H3. The molecule has 1 N–H and O–H groups in total. The van der Waals surface area contributed by atoms with E-state index in [0.29, 0.717) is 0 Å². The van der Waals surface area contributed by atoms with Crippen LogP contribution in [0.2, 0.25) is 0 Å². The molecule has 0 aromatic heterocycles. The van der Waals surface area contributed by atoms with E-state index in [1.807, 2.05) is 0 Å². The van der Waals surface area contributed by atoms with Gasteiger partial charge in [0.1, 0.15) is 0 Å². The minimum atomic E-state index is 0.819. The maximum Gasteiger partial charge on any atom is 0.0161 e. The molecule has 1 aliphatic carbocycles. The molecular formula is C12H23NS2.